The van der Waals surface area contributed by atoms with Crippen molar-refractivity contribution in [2.24, 2.45) is 0 Å². The predicted molar refractivity (Wildman–Crippen MR) is 102 cm³/mol. The van der Waals surface area contributed by atoms with Crippen LogP contribution in [0.1, 0.15) is 24.4 Å². The summed E-state index contributed by atoms with van der Waals surface area (Å²) in [6.07, 6.45) is 1.06. The molecule has 0 bridgehead atoms. The first kappa shape index (κ1) is 21.0. The van der Waals surface area contributed by atoms with E-state index < -0.39 is 28.8 Å². The molecule has 0 spiro atoms. The van der Waals surface area contributed by atoms with Crippen molar-refractivity contribution >= 4 is 39.2 Å². The molecule has 1 aromatic carbocycles. The third-order valence-electron chi connectivity index (χ3n) is 3.69. The average molecular weight is 491 g/mol. The SMILES string of the molecule is C[C@H](NC(=O)Nc1cc(C(F)(F)F)c(Cl)cc1Br)c1ncnn1-c1cnccn1. The van der Waals surface area contributed by atoms with Crippen LogP contribution in [0.15, 0.2) is 41.5 Å². The molecule has 2 N–H and O–H groups in total. The van der Waals surface area contributed by atoms with Crippen molar-refractivity contribution in [1.82, 2.24) is 30.0 Å². The van der Waals surface area contributed by atoms with E-state index in [0.717, 1.165) is 12.1 Å². The van der Waals surface area contributed by atoms with Crippen molar-refractivity contribution in [1.29, 1.82) is 0 Å². The molecule has 29 heavy (non-hydrogen) atoms. The third kappa shape index (κ3) is 4.82. The number of hydrogen-bond acceptors (Lipinski definition) is 5. The number of halogens is 5. The van der Waals surface area contributed by atoms with Gasteiger partial charge in [0.15, 0.2) is 11.6 Å². The van der Waals surface area contributed by atoms with E-state index in [1.54, 1.807) is 6.92 Å². The van der Waals surface area contributed by atoms with Gasteiger partial charge in [-0.2, -0.15) is 23.0 Å². The van der Waals surface area contributed by atoms with Gasteiger partial charge in [0.1, 0.15) is 6.33 Å². The van der Waals surface area contributed by atoms with Gasteiger partial charge in [0.25, 0.3) is 0 Å². The summed E-state index contributed by atoms with van der Waals surface area (Å²) in [4.78, 5) is 24.5. The Kier molecular flexibility index (Phi) is 6.03. The number of aromatic nitrogens is 5. The summed E-state index contributed by atoms with van der Waals surface area (Å²) in [5, 5.41) is 8.51. The molecule has 2 heterocycles. The lowest BCUT2D eigenvalue weighted by atomic mass is 10.2. The molecule has 3 rings (SSSR count). The summed E-state index contributed by atoms with van der Waals surface area (Å²) in [6, 6.07) is 0.419. The van der Waals surface area contributed by atoms with Crippen LogP contribution in [-0.4, -0.2) is 30.8 Å². The van der Waals surface area contributed by atoms with E-state index in [1.165, 1.54) is 29.6 Å². The zero-order chi connectivity index (χ0) is 21.2. The first-order valence-electron chi connectivity index (χ1n) is 7.97. The molecule has 0 unspecified atom stereocenters. The first-order chi connectivity index (χ1) is 13.7. The molecule has 3 aromatic rings. The molecule has 2 amide bonds. The highest BCUT2D eigenvalue weighted by Crippen LogP contribution is 2.39. The smallest absolute Gasteiger partial charge is 0.328 e. The van der Waals surface area contributed by atoms with Crippen molar-refractivity contribution in [3.63, 3.8) is 0 Å². The third-order valence-corrected chi connectivity index (χ3v) is 4.65. The van der Waals surface area contributed by atoms with E-state index in [1.807, 2.05) is 0 Å². The number of nitrogens with zero attached hydrogens (tertiary/aromatic N) is 5. The van der Waals surface area contributed by atoms with Crippen LogP contribution >= 0.6 is 27.5 Å². The Labute approximate surface area is 175 Å². The molecule has 13 heteroatoms. The fourth-order valence-electron chi connectivity index (χ4n) is 2.40. The molecule has 0 aliphatic carbocycles. The van der Waals surface area contributed by atoms with Crippen LogP contribution in [0.25, 0.3) is 5.82 Å². The molecule has 0 saturated heterocycles. The molecule has 0 radical (unpaired) electrons. The maximum atomic E-state index is 13.0. The molecule has 0 fully saturated rings. The number of carbonyl (C=O) groups is 1. The minimum atomic E-state index is -4.66. The number of benzene rings is 1. The minimum absolute atomic E-state index is 0.0955. The average Bonchev–Trinajstić information content (AvgIpc) is 3.13. The van der Waals surface area contributed by atoms with Crippen LogP contribution in [-0.2, 0) is 6.18 Å². The maximum absolute atomic E-state index is 13.0. The standard InChI is InChI=1S/C16H12BrClF3N7O/c1-8(14-24-7-25-28(14)13-6-22-2-3-23-13)26-15(29)27-12-4-9(16(19,20)21)11(18)5-10(12)17/h2-8H,1H3,(H2,26,27,29)/t8-/m0/s1. The zero-order valence-corrected chi connectivity index (χ0v) is 16.9. The van der Waals surface area contributed by atoms with Gasteiger partial charge in [-0.25, -0.2) is 14.8 Å². The Morgan fingerprint density at radius 1 is 1.28 bits per heavy atom. The molecule has 0 saturated carbocycles. The largest absolute Gasteiger partial charge is 0.417 e. The number of urea groups is 1. The van der Waals surface area contributed by atoms with Gasteiger partial charge in [-0.05, 0) is 35.0 Å². The second-order valence-electron chi connectivity index (χ2n) is 5.72. The summed E-state index contributed by atoms with van der Waals surface area (Å²) in [5.74, 6) is 0.746. The number of amides is 2. The van der Waals surface area contributed by atoms with Crippen LogP contribution in [0.5, 0.6) is 0 Å². The lowest BCUT2D eigenvalue weighted by molar-refractivity contribution is -0.137. The van der Waals surface area contributed by atoms with Gasteiger partial charge in [0.2, 0.25) is 0 Å². The Morgan fingerprint density at radius 3 is 2.69 bits per heavy atom. The number of carbonyl (C=O) groups excluding carboxylic acids is 1. The van der Waals surface area contributed by atoms with E-state index in [-0.39, 0.29) is 10.2 Å². The van der Waals surface area contributed by atoms with Crippen LogP contribution in [0, 0.1) is 0 Å². The maximum Gasteiger partial charge on any atom is 0.417 e. The fraction of sp³-hybridized carbons (Fsp3) is 0.188. The first-order valence-corrected chi connectivity index (χ1v) is 9.14. The molecule has 152 valence electrons. The molecule has 0 aliphatic heterocycles. The Bertz CT molecular complexity index is 1030. The molecule has 0 aliphatic rings. The Morgan fingerprint density at radius 2 is 2.03 bits per heavy atom. The summed E-state index contributed by atoms with van der Waals surface area (Å²) in [7, 11) is 0. The van der Waals surface area contributed by atoms with Crippen molar-refractivity contribution in [2.75, 3.05) is 5.32 Å². The van der Waals surface area contributed by atoms with Gasteiger partial charge in [0.05, 0.1) is 28.5 Å². The van der Waals surface area contributed by atoms with Crippen LogP contribution in [0.4, 0.5) is 23.7 Å². The van der Waals surface area contributed by atoms with Gasteiger partial charge in [-0.1, -0.05) is 11.6 Å². The number of nitrogens with one attached hydrogen (secondary N) is 2. The Balaban J connectivity index is 1.77. The highest BCUT2D eigenvalue weighted by Gasteiger charge is 2.34. The molecule has 2 aromatic heterocycles. The fourth-order valence-corrected chi connectivity index (χ4v) is 3.25. The second-order valence-corrected chi connectivity index (χ2v) is 6.98. The Hall–Kier alpha value is -2.73. The van der Waals surface area contributed by atoms with Crippen LogP contribution < -0.4 is 10.6 Å². The van der Waals surface area contributed by atoms with Crippen molar-refractivity contribution < 1.29 is 18.0 Å². The van der Waals surface area contributed by atoms with Crippen LogP contribution in [0.3, 0.4) is 0 Å². The summed E-state index contributed by atoms with van der Waals surface area (Å²) < 4.78 is 40.7. The molecular formula is C16H12BrClF3N7O. The lowest BCUT2D eigenvalue weighted by Gasteiger charge is -2.17. The van der Waals surface area contributed by atoms with E-state index in [2.05, 4.69) is 46.6 Å². The van der Waals surface area contributed by atoms with E-state index >= 15 is 0 Å². The second kappa shape index (κ2) is 8.33. The number of rotatable bonds is 4. The highest BCUT2D eigenvalue weighted by atomic mass is 79.9. The van der Waals surface area contributed by atoms with Crippen molar-refractivity contribution in [3.8, 4) is 5.82 Å². The minimum Gasteiger partial charge on any atom is -0.328 e. The van der Waals surface area contributed by atoms with Crippen molar-refractivity contribution in [3.05, 3.63) is 57.9 Å². The van der Waals surface area contributed by atoms with E-state index in [0.29, 0.717) is 11.6 Å². The van der Waals surface area contributed by atoms with Gasteiger partial charge in [0, 0.05) is 16.9 Å². The van der Waals surface area contributed by atoms with E-state index in [4.69, 9.17) is 11.6 Å². The van der Waals surface area contributed by atoms with Gasteiger partial charge in [-0.15, -0.1) is 0 Å². The highest BCUT2D eigenvalue weighted by molar-refractivity contribution is 9.10. The number of anilines is 1. The molecule has 1 atom stereocenters. The summed E-state index contributed by atoms with van der Waals surface area (Å²) in [6.45, 7) is 1.63. The number of hydrogen-bond donors (Lipinski definition) is 2. The van der Waals surface area contributed by atoms with Gasteiger partial charge in [-0.3, -0.25) is 4.98 Å². The quantitative estimate of drug-likeness (QED) is 0.566. The molecule has 8 nitrogen and oxygen atoms in total. The van der Waals surface area contributed by atoms with Crippen molar-refractivity contribution in [2.45, 2.75) is 19.1 Å². The van der Waals surface area contributed by atoms with E-state index in [9.17, 15) is 18.0 Å². The predicted octanol–water partition coefficient (Wildman–Crippen LogP) is 4.37. The summed E-state index contributed by atoms with van der Waals surface area (Å²) >= 11 is 8.73. The summed E-state index contributed by atoms with van der Waals surface area (Å²) in [5.41, 5.74) is -1.16. The topological polar surface area (TPSA) is 97.6 Å². The van der Waals surface area contributed by atoms with Gasteiger partial charge >= 0.3 is 12.2 Å². The lowest BCUT2D eigenvalue weighted by Crippen LogP contribution is -2.33. The van der Waals surface area contributed by atoms with Crippen LogP contribution in [0.2, 0.25) is 5.02 Å². The zero-order valence-electron chi connectivity index (χ0n) is 14.6. The van der Waals surface area contributed by atoms with Gasteiger partial charge < -0.3 is 10.6 Å². The number of alkyl halides is 3. The molecular weight excluding hydrogens is 479 g/mol. The monoisotopic (exact) mass is 489 g/mol. The normalized spacial score (nSPS) is 12.5.